The average Bonchev–Trinajstić information content (AvgIpc) is 3.01. The van der Waals surface area contributed by atoms with E-state index in [1.165, 1.54) is 11.8 Å². The van der Waals surface area contributed by atoms with Gasteiger partial charge in [0.1, 0.15) is 6.04 Å². The minimum absolute atomic E-state index is 0.0115. The van der Waals surface area contributed by atoms with Crippen molar-refractivity contribution in [2.24, 2.45) is 5.92 Å². The minimum Gasteiger partial charge on any atom is -0.480 e. The number of anilines is 1. The van der Waals surface area contributed by atoms with Gasteiger partial charge in [-0.3, -0.25) is 9.59 Å². The standard InChI is InChI=1S/C19H22N2O4S/c1-10-17(22)20-13-8-12(6-7-16(13)26-10)18(23)21-14-5-3-2-4-11(14)9-15(21)19(24)25/h6-8,10-11,14-15H,2-5,9H2,1H3,(H,20,22)(H,24,25)/t10-,11-,14+,15-/m0/s1. The van der Waals surface area contributed by atoms with E-state index >= 15 is 0 Å². The summed E-state index contributed by atoms with van der Waals surface area (Å²) in [5.41, 5.74) is 1.08. The van der Waals surface area contributed by atoms with Gasteiger partial charge in [0, 0.05) is 16.5 Å². The molecule has 1 saturated carbocycles. The number of likely N-dealkylation sites (tertiary alicyclic amines) is 1. The number of carbonyl (C=O) groups excluding carboxylic acids is 2. The summed E-state index contributed by atoms with van der Waals surface area (Å²) >= 11 is 1.47. The first-order valence-electron chi connectivity index (χ1n) is 9.12. The molecule has 7 heteroatoms. The van der Waals surface area contributed by atoms with Gasteiger partial charge in [-0.15, -0.1) is 11.8 Å². The number of fused-ring (bicyclic) bond motifs is 2. The van der Waals surface area contributed by atoms with E-state index in [1.54, 1.807) is 17.0 Å². The van der Waals surface area contributed by atoms with Crippen LogP contribution in [0.4, 0.5) is 5.69 Å². The number of nitrogens with zero attached hydrogens (tertiary/aromatic N) is 1. The molecule has 26 heavy (non-hydrogen) atoms. The molecule has 6 nitrogen and oxygen atoms in total. The molecule has 1 aromatic rings. The van der Waals surface area contributed by atoms with Crippen LogP contribution in [-0.4, -0.2) is 45.1 Å². The Hall–Kier alpha value is -2.02. The lowest BCUT2D eigenvalue weighted by Gasteiger charge is -2.33. The molecule has 3 aliphatic rings. The number of carbonyl (C=O) groups is 3. The number of rotatable bonds is 2. The number of hydrogen-bond acceptors (Lipinski definition) is 4. The molecule has 0 unspecified atom stereocenters. The van der Waals surface area contributed by atoms with Crippen LogP contribution in [0.15, 0.2) is 23.1 Å². The van der Waals surface area contributed by atoms with E-state index in [9.17, 15) is 19.5 Å². The number of carboxylic acid groups (broad SMARTS) is 1. The van der Waals surface area contributed by atoms with Crippen LogP contribution in [0.25, 0.3) is 0 Å². The van der Waals surface area contributed by atoms with Crippen LogP contribution < -0.4 is 5.32 Å². The summed E-state index contributed by atoms with van der Waals surface area (Å²) in [6.07, 6.45) is 4.55. The lowest BCUT2D eigenvalue weighted by Crippen LogP contribution is -2.46. The molecule has 0 radical (unpaired) electrons. The highest BCUT2D eigenvalue weighted by Gasteiger charge is 2.47. The van der Waals surface area contributed by atoms with E-state index < -0.39 is 12.0 Å². The molecular weight excluding hydrogens is 352 g/mol. The number of amides is 2. The van der Waals surface area contributed by atoms with E-state index in [4.69, 9.17) is 0 Å². The first kappa shape index (κ1) is 17.4. The maximum Gasteiger partial charge on any atom is 0.326 e. The maximum absolute atomic E-state index is 13.2. The van der Waals surface area contributed by atoms with Crippen molar-refractivity contribution in [2.75, 3.05) is 5.32 Å². The third kappa shape index (κ3) is 2.88. The first-order chi connectivity index (χ1) is 12.5. The van der Waals surface area contributed by atoms with Crippen LogP contribution in [0.5, 0.6) is 0 Å². The summed E-state index contributed by atoms with van der Waals surface area (Å²) in [4.78, 5) is 39.4. The topological polar surface area (TPSA) is 86.7 Å². The molecule has 0 spiro atoms. The Morgan fingerprint density at radius 2 is 2.04 bits per heavy atom. The van der Waals surface area contributed by atoms with Gasteiger partial charge in [0.25, 0.3) is 5.91 Å². The number of thioether (sulfide) groups is 1. The third-order valence-corrected chi connectivity index (χ3v) is 6.94. The molecule has 4 atom stereocenters. The number of hydrogen-bond donors (Lipinski definition) is 2. The summed E-state index contributed by atoms with van der Waals surface area (Å²) in [5.74, 6) is -0.970. The molecule has 2 amide bonds. The van der Waals surface area contributed by atoms with E-state index in [1.807, 2.05) is 13.0 Å². The van der Waals surface area contributed by atoms with Crippen LogP contribution in [0.3, 0.4) is 0 Å². The van der Waals surface area contributed by atoms with Gasteiger partial charge < -0.3 is 15.3 Å². The Morgan fingerprint density at radius 1 is 1.27 bits per heavy atom. The second kappa shape index (κ2) is 6.61. The smallest absolute Gasteiger partial charge is 0.326 e. The lowest BCUT2D eigenvalue weighted by atomic mass is 9.84. The molecule has 0 aromatic heterocycles. The molecule has 2 N–H and O–H groups in total. The van der Waals surface area contributed by atoms with Crippen molar-refractivity contribution in [1.29, 1.82) is 0 Å². The van der Waals surface area contributed by atoms with Crippen LogP contribution in [0.1, 0.15) is 49.4 Å². The van der Waals surface area contributed by atoms with E-state index in [0.717, 1.165) is 30.6 Å². The van der Waals surface area contributed by atoms with Crippen molar-refractivity contribution in [2.45, 2.75) is 61.3 Å². The normalized spacial score (nSPS) is 30.3. The molecule has 2 fully saturated rings. The number of benzene rings is 1. The molecule has 1 saturated heterocycles. The number of carboxylic acids is 1. The van der Waals surface area contributed by atoms with E-state index in [-0.39, 0.29) is 29.0 Å². The van der Waals surface area contributed by atoms with Gasteiger partial charge in [-0.1, -0.05) is 12.8 Å². The maximum atomic E-state index is 13.2. The van der Waals surface area contributed by atoms with Crippen molar-refractivity contribution in [3.8, 4) is 0 Å². The summed E-state index contributed by atoms with van der Waals surface area (Å²) in [7, 11) is 0. The van der Waals surface area contributed by atoms with Crippen molar-refractivity contribution in [3.63, 3.8) is 0 Å². The summed E-state index contributed by atoms with van der Waals surface area (Å²) < 4.78 is 0. The minimum atomic E-state index is -0.927. The molecule has 138 valence electrons. The second-order valence-electron chi connectivity index (χ2n) is 7.37. The molecule has 4 rings (SSSR count). The fraction of sp³-hybridized carbons (Fsp3) is 0.526. The van der Waals surface area contributed by atoms with Crippen LogP contribution in [-0.2, 0) is 9.59 Å². The highest BCUT2D eigenvalue weighted by Crippen LogP contribution is 2.41. The molecule has 1 aromatic carbocycles. The van der Waals surface area contributed by atoms with Gasteiger partial charge >= 0.3 is 5.97 Å². The highest BCUT2D eigenvalue weighted by molar-refractivity contribution is 8.00. The molecule has 0 bridgehead atoms. The monoisotopic (exact) mass is 374 g/mol. The lowest BCUT2D eigenvalue weighted by molar-refractivity contribution is -0.141. The summed E-state index contributed by atoms with van der Waals surface area (Å²) in [6.45, 7) is 1.84. The largest absolute Gasteiger partial charge is 0.480 e. The second-order valence-corrected chi connectivity index (χ2v) is 8.76. The molecule has 2 aliphatic heterocycles. The van der Waals surface area contributed by atoms with E-state index in [2.05, 4.69) is 5.32 Å². The number of aliphatic carboxylic acids is 1. The van der Waals surface area contributed by atoms with Crippen molar-refractivity contribution >= 4 is 35.2 Å². The highest BCUT2D eigenvalue weighted by atomic mass is 32.2. The Morgan fingerprint density at radius 3 is 2.81 bits per heavy atom. The van der Waals surface area contributed by atoms with E-state index in [0.29, 0.717) is 17.7 Å². The Labute approximate surface area is 156 Å². The SMILES string of the molecule is C[C@@H]1Sc2ccc(C(=O)N3[C@@H]4CCCC[C@H]4C[C@H]3C(=O)O)cc2NC1=O. The average molecular weight is 374 g/mol. The van der Waals surface area contributed by atoms with Gasteiger partial charge in [-0.05, 0) is 50.3 Å². The molecule has 1 aliphatic carbocycles. The summed E-state index contributed by atoms with van der Waals surface area (Å²) in [6, 6.07) is 4.53. The van der Waals surface area contributed by atoms with Crippen molar-refractivity contribution in [1.82, 2.24) is 4.90 Å². The Kier molecular flexibility index (Phi) is 4.42. The van der Waals surface area contributed by atoms with Gasteiger partial charge in [0.15, 0.2) is 0 Å². The zero-order chi connectivity index (χ0) is 18.4. The first-order valence-corrected chi connectivity index (χ1v) is 10.0. The quantitative estimate of drug-likeness (QED) is 0.831. The Bertz CT molecular complexity index is 781. The summed E-state index contributed by atoms with van der Waals surface area (Å²) in [5, 5.41) is 12.3. The zero-order valence-corrected chi connectivity index (χ0v) is 15.4. The van der Waals surface area contributed by atoms with Crippen molar-refractivity contribution in [3.05, 3.63) is 23.8 Å². The van der Waals surface area contributed by atoms with Crippen LogP contribution >= 0.6 is 11.8 Å². The predicted octanol–water partition coefficient (Wildman–Crippen LogP) is 2.98. The Balaban J connectivity index is 1.65. The predicted molar refractivity (Wildman–Crippen MR) is 98.3 cm³/mol. The third-order valence-electron chi connectivity index (χ3n) is 5.76. The van der Waals surface area contributed by atoms with Crippen molar-refractivity contribution < 1.29 is 19.5 Å². The van der Waals surface area contributed by atoms with Crippen LogP contribution in [0, 0.1) is 5.92 Å². The molecular formula is C19H22N2O4S. The van der Waals surface area contributed by atoms with Gasteiger partial charge in [0.05, 0.1) is 10.9 Å². The van der Waals surface area contributed by atoms with Gasteiger partial charge in [-0.25, -0.2) is 4.79 Å². The zero-order valence-electron chi connectivity index (χ0n) is 14.6. The fourth-order valence-electron chi connectivity index (χ4n) is 4.46. The van der Waals surface area contributed by atoms with Gasteiger partial charge in [-0.2, -0.15) is 0 Å². The fourth-order valence-corrected chi connectivity index (χ4v) is 5.39. The van der Waals surface area contributed by atoms with Gasteiger partial charge in [0.2, 0.25) is 5.91 Å². The number of nitrogens with one attached hydrogen (secondary N) is 1. The van der Waals surface area contributed by atoms with Crippen LogP contribution in [0.2, 0.25) is 0 Å². The molecule has 2 heterocycles.